The molecule has 0 aromatic carbocycles. The van der Waals surface area contributed by atoms with Crippen LogP contribution in [0.25, 0.3) is 0 Å². The number of hydrogen-bond donors (Lipinski definition) is 1. The highest BCUT2D eigenvalue weighted by Gasteiger charge is 2.61. The predicted molar refractivity (Wildman–Crippen MR) is 148 cm³/mol. The third-order valence-corrected chi connectivity index (χ3v) is 11.8. The lowest BCUT2D eigenvalue weighted by Crippen LogP contribution is -2.54. The first-order valence-corrected chi connectivity index (χ1v) is 15.3. The summed E-state index contributed by atoms with van der Waals surface area (Å²) in [7, 11) is 4.08. The predicted octanol–water partition coefficient (Wildman–Crippen LogP) is 6.43. The molecule has 0 aromatic rings. The molecular weight excluding hydrogens is 446 g/mol. The zero-order chi connectivity index (χ0) is 26.3. The summed E-state index contributed by atoms with van der Waals surface area (Å²) in [6, 6.07) is -0.214. The van der Waals surface area contributed by atoms with Crippen molar-refractivity contribution in [2.24, 2.45) is 52.3 Å². The second-order valence-corrected chi connectivity index (χ2v) is 14.0. The zero-order valence-electron chi connectivity index (χ0n) is 24.4. The molecule has 5 heteroatoms. The number of urea groups is 1. The van der Waals surface area contributed by atoms with Gasteiger partial charge in [-0.2, -0.15) is 0 Å². The van der Waals surface area contributed by atoms with Gasteiger partial charge >= 0.3 is 6.03 Å². The minimum atomic E-state index is -0.214. The van der Waals surface area contributed by atoms with Gasteiger partial charge in [0.05, 0.1) is 0 Å². The van der Waals surface area contributed by atoms with Gasteiger partial charge in [0.15, 0.2) is 0 Å². The third kappa shape index (κ3) is 4.99. The molecule has 0 spiro atoms. The van der Waals surface area contributed by atoms with Crippen molar-refractivity contribution in [1.29, 1.82) is 0 Å². The first-order valence-electron chi connectivity index (χ1n) is 15.3. The summed E-state index contributed by atoms with van der Waals surface area (Å²) < 4.78 is 0. The van der Waals surface area contributed by atoms with Crippen LogP contribution >= 0.6 is 0 Å². The van der Waals surface area contributed by atoms with Crippen molar-refractivity contribution >= 4 is 11.9 Å². The Bertz CT molecular complexity index is 799. The molecule has 0 radical (unpaired) electrons. The highest BCUT2D eigenvalue weighted by molar-refractivity contribution is 5.95. The van der Waals surface area contributed by atoms with E-state index in [4.69, 9.17) is 0 Å². The summed E-state index contributed by atoms with van der Waals surface area (Å²) in [6.45, 7) is 13.6. The second-order valence-electron chi connectivity index (χ2n) is 14.0. The molecule has 0 heterocycles. The van der Waals surface area contributed by atoms with Crippen LogP contribution in [0.5, 0.6) is 0 Å². The van der Waals surface area contributed by atoms with Crippen molar-refractivity contribution in [2.75, 3.05) is 33.7 Å². The molecule has 9 unspecified atom stereocenters. The van der Waals surface area contributed by atoms with Crippen LogP contribution in [0.3, 0.4) is 0 Å². The van der Waals surface area contributed by atoms with Crippen LogP contribution in [0.1, 0.15) is 98.8 Å². The maximum Gasteiger partial charge on any atom is 0.324 e. The molecule has 4 rings (SSSR count). The van der Waals surface area contributed by atoms with E-state index in [0.29, 0.717) is 24.4 Å². The van der Waals surface area contributed by atoms with Crippen molar-refractivity contribution in [3.8, 4) is 0 Å². The van der Waals surface area contributed by atoms with Crippen LogP contribution in [-0.2, 0) is 4.79 Å². The largest absolute Gasteiger partial charge is 0.338 e. The number of rotatable bonds is 7. The summed E-state index contributed by atoms with van der Waals surface area (Å²) in [6.07, 6.45) is 13.0. The van der Waals surface area contributed by atoms with E-state index in [-0.39, 0.29) is 23.3 Å². The molecule has 0 aliphatic heterocycles. The molecule has 206 valence electrons. The van der Waals surface area contributed by atoms with E-state index in [9.17, 15) is 9.59 Å². The van der Waals surface area contributed by atoms with Crippen LogP contribution in [0.4, 0.5) is 4.79 Å². The summed E-state index contributed by atoms with van der Waals surface area (Å²) >= 11 is 0. The molecule has 3 amide bonds. The fraction of sp³-hybridized carbons (Fsp3) is 0.935. The second kappa shape index (κ2) is 10.9. The number of amides is 3. The Hall–Kier alpha value is -1.10. The third-order valence-electron chi connectivity index (χ3n) is 11.8. The maximum absolute atomic E-state index is 13.8. The van der Waals surface area contributed by atoms with Gasteiger partial charge in [0.25, 0.3) is 0 Å². The van der Waals surface area contributed by atoms with Crippen molar-refractivity contribution in [3.63, 3.8) is 0 Å². The van der Waals surface area contributed by atoms with E-state index < -0.39 is 0 Å². The molecule has 0 saturated heterocycles. The zero-order valence-corrected chi connectivity index (χ0v) is 24.4. The molecule has 9 atom stereocenters. The van der Waals surface area contributed by atoms with Crippen molar-refractivity contribution in [3.05, 3.63) is 0 Å². The highest BCUT2D eigenvalue weighted by Crippen LogP contribution is 2.68. The average Bonchev–Trinajstić information content (AvgIpc) is 3.18. The number of fused-ring (bicyclic) bond motifs is 5. The summed E-state index contributed by atoms with van der Waals surface area (Å²) in [4.78, 5) is 30.4. The first kappa shape index (κ1) is 27.9. The topological polar surface area (TPSA) is 52.7 Å². The van der Waals surface area contributed by atoms with Gasteiger partial charge in [0.2, 0.25) is 5.91 Å². The molecule has 5 nitrogen and oxygen atoms in total. The van der Waals surface area contributed by atoms with Gasteiger partial charge in [-0.1, -0.05) is 34.1 Å². The maximum atomic E-state index is 13.8. The van der Waals surface area contributed by atoms with Crippen LogP contribution in [-0.4, -0.2) is 55.5 Å². The number of imide groups is 1. The number of nitrogens with zero attached hydrogens (tertiary/aromatic N) is 2. The van der Waals surface area contributed by atoms with Gasteiger partial charge in [-0.15, -0.1) is 0 Å². The number of hydrogen-bond acceptors (Lipinski definition) is 3. The Morgan fingerprint density at radius 3 is 2.33 bits per heavy atom. The van der Waals surface area contributed by atoms with E-state index >= 15 is 0 Å². The lowest BCUT2D eigenvalue weighted by molar-refractivity contribution is -0.140. The van der Waals surface area contributed by atoms with Gasteiger partial charge in [-0.05, 0) is 132 Å². The lowest BCUT2D eigenvalue weighted by atomic mass is 9.44. The molecule has 4 aliphatic carbocycles. The molecule has 4 saturated carbocycles. The van der Waals surface area contributed by atoms with Gasteiger partial charge in [-0.25, -0.2) is 4.79 Å². The van der Waals surface area contributed by atoms with Crippen molar-refractivity contribution in [1.82, 2.24) is 15.1 Å². The molecular formula is C31H55N3O2. The van der Waals surface area contributed by atoms with E-state index in [1.165, 1.54) is 56.3 Å². The fourth-order valence-electron chi connectivity index (χ4n) is 9.86. The summed E-state index contributed by atoms with van der Waals surface area (Å²) in [5, 5.41) is 2.90. The Balaban J connectivity index is 1.49. The van der Waals surface area contributed by atoms with Crippen LogP contribution in [0.2, 0.25) is 0 Å². The summed E-state index contributed by atoms with van der Waals surface area (Å²) in [5.74, 6) is 4.64. The van der Waals surface area contributed by atoms with Crippen LogP contribution in [0, 0.1) is 52.3 Å². The number of carbonyl (C=O) groups is 2. The Labute approximate surface area is 221 Å². The lowest BCUT2D eigenvalue weighted by Gasteiger charge is -2.61. The molecule has 4 aliphatic rings. The van der Waals surface area contributed by atoms with E-state index in [1.807, 2.05) is 21.0 Å². The minimum Gasteiger partial charge on any atom is -0.338 e. The molecule has 0 aromatic heterocycles. The van der Waals surface area contributed by atoms with Crippen molar-refractivity contribution in [2.45, 2.75) is 98.8 Å². The normalized spacial score (nSPS) is 40.7. The quantitative estimate of drug-likeness (QED) is 0.437. The van der Waals surface area contributed by atoms with Gasteiger partial charge in [0.1, 0.15) is 0 Å². The Morgan fingerprint density at radius 2 is 1.64 bits per heavy atom. The monoisotopic (exact) mass is 501 g/mol. The molecule has 36 heavy (non-hydrogen) atoms. The summed E-state index contributed by atoms with van der Waals surface area (Å²) in [5.41, 5.74) is 0.774. The van der Waals surface area contributed by atoms with E-state index in [2.05, 4.69) is 37.9 Å². The van der Waals surface area contributed by atoms with Gasteiger partial charge in [0, 0.05) is 19.0 Å². The number of nitrogens with one attached hydrogen (secondary N) is 1. The van der Waals surface area contributed by atoms with E-state index in [1.54, 1.807) is 0 Å². The smallest absolute Gasteiger partial charge is 0.324 e. The Morgan fingerprint density at radius 1 is 0.944 bits per heavy atom. The van der Waals surface area contributed by atoms with E-state index in [0.717, 1.165) is 49.0 Å². The van der Waals surface area contributed by atoms with Crippen LogP contribution in [0.15, 0.2) is 0 Å². The van der Waals surface area contributed by atoms with Crippen LogP contribution < -0.4 is 5.32 Å². The molecule has 0 bridgehead atoms. The first-order chi connectivity index (χ1) is 17.0. The van der Waals surface area contributed by atoms with Crippen molar-refractivity contribution < 1.29 is 9.59 Å². The van der Waals surface area contributed by atoms with Gasteiger partial charge in [-0.3, -0.25) is 9.69 Å². The molecule has 4 fully saturated rings. The Kier molecular flexibility index (Phi) is 8.49. The highest BCUT2D eigenvalue weighted by atomic mass is 16.2. The SMILES string of the molecule is CCNC(=O)N(CCCN(C)C)C(=O)C(C)C1CCC2C3CCC4CC(C)CCC4(C)C3CCC12C. The molecule has 1 N–H and O–H groups in total. The fourth-order valence-corrected chi connectivity index (χ4v) is 9.86. The number of carbonyl (C=O) groups excluding carboxylic acids is 2. The van der Waals surface area contributed by atoms with Gasteiger partial charge < -0.3 is 10.2 Å². The minimum absolute atomic E-state index is 0.0469. The average molecular weight is 502 g/mol. The standard InChI is InChI=1S/C31H55N3O2/c1-8-32-29(36)34(19-9-18-33(6)7)28(35)22(3)25-12-13-26-24-11-10-23-20-21(2)14-16-30(23,4)27(24)15-17-31(25,26)5/h21-27H,8-20H2,1-7H3,(H,32,36).